The van der Waals surface area contributed by atoms with Crippen LogP contribution >= 0.6 is 0 Å². The molecule has 2 rings (SSSR count). The van der Waals surface area contributed by atoms with E-state index >= 15 is 0 Å². The molecule has 0 bridgehead atoms. The van der Waals surface area contributed by atoms with Crippen molar-refractivity contribution >= 4 is 11.5 Å². The van der Waals surface area contributed by atoms with Crippen LogP contribution in [0.3, 0.4) is 0 Å². The molecule has 0 radical (unpaired) electrons. The Bertz CT molecular complexity index is 363. The molecule has 4 heteroatoms. The van der Waals surface area contributed by atoms with Gasteiger partial charge in [-0.1, -0.05) is 6.07 Å². The first-order valence-electron chi connectivity index (χ1n) is 4.46. The molecule has 14 heavy (non-hydrogen) atoms. The number of benzene rings is 1. The van der Waals surface area contributed by atoms with Gasteiger partial charge in [0.05, 0.1) is 0 Å². The van der Waals surface area contributed by atoms with Gasteiger partial charge in [-0.05, 0) is 25.0 Å². The highest BCUT2D eigenvalue weighted by molar-refractivity contribution is 5.87. The molecule has 1 aromatic rings. The van der Waals surface area contributed by atoms with Crippen LogP contribution in [0.2, 0.25) is 0 Å². The number of rotatable bonds is 2. The Morgan fingerprint density at radius 1 is 1.29 bits per heavy atom. The highest BCUT2D eigenvalue weighted by Gasteiger charge is 2.26. The van der Waals surface area contributed by atoms with E-state index in [1.54, 1.807) is 0 Å². The molecule has 1 fully saturated rings. The zero-order chi connectivity index (χ0) is 10.1. The van der Waals surface area contributed by atoms with Gasteiger partial charge in [0.2, 0.25) is 0 Å². The predicted molar refractivity (Wildman–Crippen MR) is 50.4 cm³/mol. The van der Waals surface area contributed by atoms with Crippen LogP contribution in [0.5, 0.6) is 0 Å². The molecular formula is C10H10F2N2. The molecule has 1 aromatic carbocycles. The Morgan fingerprint density at radius 2 is 1.86 bits per heavy atom. The van der Waals surface area contributed by atoms with Crippen LogP contribution in [0.4, 0.5) is 14.5 Å². The van der Waals surface area contributed by atoms with Gasteiger partial charge in [0.1, 0.15) is 11.5 Å². The number of hydrogen-bond acceptors (Lipinski definition) is 1. The van der Waals surface area contributed by atoms with E-state index < -0.39 is 11.6 Å². The van der Waals surface area contributed by atoms with E-state index in [2.05, 4.69) is 4.99 Å². The molecule has 0 aromatic heterocycles. The summed E-state index contributed by atoms with van der Waals surface area (Å²) < 4.78 is 26.2. The summed E-state index contributed by atoms with van der Waals surface area (Å²) in [6.45, 7) is 0. The molecule has 0 unspecified atom stereocenters. The third-order valence-corrected chi connectivity index (χ3v) is 2.17. The quantitative estimate of drug-likeness (QED) is 0.572. The monoisotopic (exact) mass is 196 g/mol. The minimum atomic E-state index is -0.673. The zero-order valence-electron chi connectivity index (χ0n) is 7.50. The average molecular weight is 196 g/mol. The van der Waals surface area contributed by atoms with Gasteiger partial charge in [-0.15, -0.1) is 0 Å². The minimum Gasteiger partial charge on any atom is -0.387 e. The van der Waals surface area contributed by atoms with Crippen molar-refractivity contribution in [1.82, 2.24) is 0 Å². The third-order valence-electron chi connectivity index (χ3n) is 2.17. The third kappa shape index (κ3) is 1.73. The molecule has 0 saturated heterocycles. The standard InChI is InChI=1S/C10H10F2N2/c11-7-2-1-3-8(12)9(7)14-10(13)6-4-5-6/h1-3,6H,4-5H2,(H2,13,14). The van der Waals surface area contributed by atoms with Crippen LogP contribution in [0.15, 0.2) is 23.2 Å². The highest BCUT2D eigenvalue weighted by atomic mass is 19.1. The van der Waals surface area contributed by atoms with E-state index in [0.717, 1.165) is 12.8 Å². The van der Waals surface area contributed by atoms with Crippen LogP contribution in [0.1, 0.15) is 12.8 Å². The SMILES string of the molecule is NC(=Nc1c(F)cccc1F)C1CC1. The fourth-order valence-electron chi connectivity index (χ4n) is 1.20. The second kappa shape index (κ2) is 3.36. The first kappa shape index (κ1) is 9.12. The first-order valence-corrected chi connectivity index (χ1v) is 4.46. The van der Waals surface area contributed by atoms with Crippen molar-refractivity contribution < 1.29 is 8.78 Å². The molecule has 1 aliphatic rings. The number of para-hydroxylation sites is 1. The number of amidine groups is 1. The molecule has 2 nitrogen and oxygen atoms in total. The van der Waals surface area contributed by atoms with Crippen LogP contribution in [-0.4, -0.2) is 5.84 Å². The van der Waals surface area contributed by atoms with Crippen LogP contribution in [0, 0.1) is 17.6 Å². The largest absolute Gasteiger partial charge is 0.387 e. The molecular weight excluding hydrogens is 186 g/mol. The molecule has 0 spiro atoms. The Kier molecular flexibility index (Phi) is 2.19. The van der Waals surface area contributed by atoms with E-state index in [1.807, 2.05) is 0 Å². The summed E-state index contributed by atoms with van der Waals surface area (Å²) in [4.78, 5) is 3.76. The van der Waals surface area contributed by atoms with Crippen molar-refractivity contribution in [3.8, 4) is 0 Å². The lowest BCUT2D eigenvalue weighted by Crippen LogP contribution is -2.13. The molecule has 0 heterocycles. The Hall–Kier alpha value is -1.45. The number of aliphatic imine (C=N–C) groups is 1. The van der Waals surface area contributed by atoms with Gasteiger partial charge >= 0.3 is 0 Å². The minimum absolute atomic E-state index is 0.217. The van der Waals surface area contributed by atoms with Crippen molar-refractivity contribution in [3.63, 3.8) is 0 Å². The smallest absolute Gasteiger partial charge is 0.151 e. The topological polar surface area (TPSA) is 38.4 Å². The van der Waals surface area contributed by atoms with Crippen LogP contribution in [-0.2, 0) is 0 Å². The number of halogens is 2. The summed E-state index contributed by atoms with van der Waals surface area (Å²) in [6.07, 6.45) is 1.93. The average Bonchev–Trinajstić information content (AvgIpc) is 2.94. The van der Waals surface area contributed by atoms with Crippen molar-refractivity contribution in [2.24, 2.45) is 16.6 Å². The van der Waals surface area contributed by atoms with Crippen LogP contribution < -0.4 is 5.73 Å². The lowest BCUT2D eigenvalue weighted by atomic mass is 10.3. The molecule has 1 aliphatic carbocycles. The predicted octanol–water partition coefficient (Wildman–Crippen LogP) is 2.36. The van der Waals surface area contributed by atoms with Crippen molar-refractivity contribution in [2.45, 2.75) is 12.8 Å². The number of hydrogen-bond donors (Lipinski definition) is 1. The van der Waals surface area contributed by atoms with E-state index in [-0.39, 0.29) is 11.6 Å². The van der Waals surface area contributed by atoms with Gasteiger partial charge in [-0.3, -0.25) is 0 Å². The fourth-order valence-corrected chi connectivity index (χ4v) is 1.20. The van der Waals surface area contributed by atoms with Gasteiger partial charge in [0.25, 0.3) is 0 Å². The summed E-state index contributed by atoms with van der Waals surface area (Å²) in [5.74, 6) is -0.801. The molecule has 74 valence electrons. The number of nitrogens with two attached hydrogens (primary N) is 1. The highest BCUT2D eigenvalue weighted by Crippen LogP contribution is 2.31. The lowest BCUT2D eigenvalue weighted by molar-refractivity contribution is 0.587. The summed E-state index contributed by atoms with van der Waals surface area (Å²) in [7, 11) is 0. The van der Waals surface area contributed by atoms with Gasteiger partial charge in [0.15, 0.2) is 11.6 Å². The van der Waals surface area contributed by atoms with Crippen molar-refractivity contribution in [3.05, 3.63) is 29.8 Å². The molecule has 1 saturated carbocycles. The maximum atomic E-state index is 13.1. The summed E-state index contributed by atoms with van der Waals surface area (Å²) in [5.41, 5.74) is 5.28. The van der Waals surface area contributed by atoms with Gasteiger partial charge in [-0.25, -0.2) is 13.8 Å². The zero-order valence-corrected chi connectivity index (χ0v) is 7.50. The first-order chi connectivity index (χ1) is 6.68. The summed E-state index contributed by atoms with van der Waals surface area (Å²) in [5, 5.41) is 0. The lowest BCUT2D eigenvalue weighted by Gasteiger charge is -2.00. The van der Waals surface area contributed by atoms with E-state index in [4.69, 9.17) is 5.73 Å². The van der Waals surface area contributed by atoms with Gasteiger partial charge < -0.3 is 5.73 Å². The van der Waals surface area contributed by atoms with Crippen LogP contribution in [0.25, 0.3) is 0 Å². The maximum absolute atomic E-state index is 13.1. The summed E-state index contributed by atoms with van der Waals surface area (Å²) in [6, 6.07) is 3.64. The number of nitrogens with zero attached hydrogens (tertiary/aromatic N) is 1. The van der Waals surface area contributed by atoms with Gasteiger partial charge in [-0.2, -0.15) is 0 Å². The normalized spacial score (nSPS) is 17.1. The Labute approximate surface area is 80.5 Å². The van der Waals surface area contributed by atoms with E-state index in [0.29, 0.717) is 5.84 Å². The van der Waals surface area contributed by atoms with Crippen molar-refractivity contribution in [2.75, 3.05) is 0 Å². The fraction of sp³-hybridized carbons (Fsp3) is 0.300. The van der Waals surface area contributed by atoms with E-state index in [1.165, 1.54) is 18.2 Å². The summed E-state index contributed by atoms with van der Waals surface area (Å²) >= 11 is 0. The van der Waals surface area contributed by atoms with E-state index in [9.17, 15) is 8.78 Å². The second-order valence-corrected chi connectivity index (χ2v) is 3.38. The van der Waals surface area contributed by atoms with Gasteiger partial charge in [0, 0.05) is 5.92 Å². The molecule has 0 amide bonds. The Balaban J connectivity index is 2.35. The second-order valence-electron chi connectivity index (χ2n) is 3.38. The maximum Gasteiger partial charge on any atom is 0.151 e. The molecule has 2 N–H and O–H groups in total. The molecule has 0 atom stereocenters. The van der Waals surface area contributed by atoms with Crippen molar-refractivity contribution in [1.29, 1.82) is 0 Å². The Morgan fingerprint density at radius 3 is 2.36 bits per heavy atom. The molecule has 0 aliphatic heterocycles.